The van der Waals surface area contributed by atoms with Crippen LogP contribution in [-0.4, -0.2) is 57.3 Å². The number of nitrogens with two attached hydrogens (primary N) is 1. The van der Waals surface area contributed by atoms with Crippen LogP contribution in [0.4, 0.5) is 0 Å². The molecule has 0 spiro atoms. The third-order valence-electron chi connectivity index (χ3n) is 6.94. The highest BCUT2D eigenvalue weighted by molar-refractivity contribution is 6.40. The monoisotopic (exact) mass is 352 g/mol. The van der Waals surface area contributed by atoms with Gasteiger partial charge in [0.15, 0.2) is 0 Å². The molecular formula is C18H33BN2O4. The van der Waals surface area contributed by atoms with Crippen molar-refractivity contribution in [3.05, 3.63) is 0 Å². The van der Waals surface area contributed by atoms with E-state index in [1.54, 1.807) is 0 Å². The van der Waals surface area contributed by atoms with Crippen molar-refractivity contribution in [2.45, 2.75) is 88.2 Å². The molecule has 3 saturated carbocycles. The van der Waals surface area contributed by atoms with E-state index < -0.39 is 18.6 Å². The molecule has 5 N–H and O–H groups in total. The molecule has 3 aliphatic rings. The average Bonchev–Trinajstić information content (AvgIpc) is 2.72. The van der Waals surface area contributed by atoms with Gasteiger partial charge in [-0.25, -0.2) is 0 Å². The number of carbonyl (C=O) groups is 1. The van der Waals surface area contributed by atoms with Gasteiger partial charge in [-0.3, -0.25) is 9.69 Å². The van der Waals surface area contributed by atoms with Crippen LogP contribution in [0.5, 0.6) is 0 Å². The Bertz CT molecular complexity index is 456. The van der Waals surface area contributed by atoms with Gasteiger partial charge in [-0.05, 0) is 63.1 Å². The summed E-state index contributed by atoms with van der Waals surface area (Å²) in [6.45, 7) is 0.987. The maximum absolute atomic E-state index is 11.8. The fourth-order valence-corrected chi connectivity index (χ4v) is 4.99. The summed E-state index contributed by atoms with van der Waals surface area (Å²) in [4.78, 5) is 14.5. The van der Waals surface area contributed by atoms with Crippen molar-refractivity contribution in [2.24, 2.45) is 17.6 Å². The van der Waals surface area contributed by atoms with Crippen LogP contribution in [0.2, 0.25) is 6.32 Å². The van der Waals surface area contributed by atoms with Crippen molar-refractivity contribution in [3.8, 4) is 0 Å². The summed E-state index contributed by atoms with van der Waals surface area (Å²) in [5.41, 5.74) is 5.17. The first-order valence-corrected chi connectivity index (χ1v) is 10.0. The molecule has 3 fully saturated rings. The van der Waals surface area contributed by atoms with E-state index in [9.17, 15) is 9.90 Å². The Morgan fingerprint density at radius 2 is 1.76 bits per heavy atom. The zero-order valence-electron chi connectivity index (χ0n) is 15.1. The minimum Gasteiger partial charge on any atom is -0.480 e. The SMILES string of the molecule is N[C@]1(C(=O)O)C[C@@H](CN(C2CCC2)C2CCC2)C[C@@H]1CCCB(O)O. The van der Waals surface area contributed by atoms with Crippen LogP contribution in [-0.2, 0) is 4.79 Å². The van der Waals surface area contributed by atoms with Gasteiger partial charge in [0.1, 0.15) is 5.54 Å². The first-order chi connectivity index (χ1) is 11.9. The van der Waals surface area contributed by atoms with E-state index >= 15 is 0 Å². The van der Waals surface area contributed by atoms with Crippen LogP contribution in [0.25, 0.3) is 0 Å². The molecular weight excluding hydrogens is 319 g/mol. The van der Waals surface area contributed by atoms with E-state index in [0.29, 0.717) is 37.3 Å². The van der Waals surface area contributed by atoms with E-state index in [1.165, 1.54) is 38.5 Å². The molecule has 7 heteroatoms. The lowest BCUT2D eigenvalue weighted by Gasteiger charge is -2.47. The maximum atomic E-state index is 11.8. The number of carboxylic acids is 1. The molecule has 3 aliphatic carbocycles. The second-order valence-electron chi connectivity index (χ2n) is 8.63. The molecule has 6 nitrogen and oxygen atoms in total. The Labute approximate surface area is 150 Å². The first kappa shape index (κ1) is 19.1. The fraction of sp³-hybridized carbons (Fsp3) is 0.944. The second kappa shape index (κ2) is 7.95. The van der Waals surface area contributed by atoms with E-state index in [2.05, 4.69) is 4.90 Å². The van der Waals surface area contributed by atoms with Crippen molar-refractivity contribution in [1.29, 1.82) is 0 Å². The van der Waals surface area contributed by atoms with Crippen molar-refractivity contribution in [1.82, 2.24) is 4.90 Å². The molecule has 0 aromatic heterocycles. The molecule has 0 aromatic rings. The normalized spacial score (nSPS) is 33.3. The average molecular weight is 352 g/mol. The lowest BCUT2D eigenvalue weighted by atomic mass is 9.78. The van der Waals surface area contributed by atoms with E-state index in [-0.39, 0.29) is 12.2 Å². The quantitative estimate of drug-likeness (QED) is 0.468. The van der Waals surface area contributed by atoms with E-state index in [4.69, 9.17) is 15.8 Å². The summed E-state index contributed by atoms with van der Waals surface area (Å²) >= 11 is 0. The molecule has 0 amide bonds. The van der Waals surface area contributed by atoms with Crippen LogP contribution in [0.1, 0.15) is 64.2 Å². The highest BCUT2D eigenvalue weighted by Gasteiger charge is 2.50. The molecule has 3 rings (SSSR count). The van der Waals surface area contributed by atoms with Crippen molar-refractivity contribution < 1.29 is 19.9 Å². The van der Waals surface area contributed by atoms with Gasteiger partial charge in [0.25, 0.3) is 0 Å². The highest BCUT2D eigenvalue weighted by Crippen LogP contribution is 2.43. The molecule has 0 heterocycles. The summed E-state index contributed by atoms with van der Waals surface area (Å²) in [6.07, 6.45) is 10.7. The third-order valence-corrected chi connectivity index (χ3v) is 6.94. The van der Waals surface area contributed by atoms with Gasteiger partial charge in [-0.1, -0.05) is 19.3 Å². The Kier molecular flexibility index (Phi) is 6.09. The molecule has 0 radical (unpaired) electrons. The van der Waals surface area contributed by atoms with Gasteiger partial charge in [0.2, 0.25) is 0 Å². The predicted molar refractivity (Wildman–Crippen MR) is 97.0 cm³/mol. The first-order valence-electron chi connectivity index (χ1n) is 10.0. The van der Waals surface area contributed by atoms with Gasteiger partial charge >= 0.3 is 13.1 Å². The second-order valence-corrected chi connectivity index (χ2v) is 8.63. The van der Waals surface area contributed by atoms with Gasteiger partial charge in [0, 0.05) is 18.6 Å². The van der Waals surface area contributed by atoms with Crippen molar-refractivity contribution >= 4 is 13.1 Å². The lowest BCUT2D eigenvalue weighted by Crippen LogP contribution is -2.52. The molecule has 25 heavy (non-hydrogen) atoms. The molecule has 0 unspecified atom stereocenters. The molecule has 0 aliphatic heterocycles. The van der Waals surface area contributed by atoms with Gasteiger partial charge in [0.05, 0.1) is 0 Å². The molecule has 0 bridgehead atoms. The summed E-state index contributed by atoms with van der Waals surface area (Å²) in [7, 11) is -1.32. The largest absolute Gasteiger partial charge is 0.480 e. The molecule has 0 aromatic carbocycles. The number of hydrogen-bond acceptors (Lipinski definition) is 5. The van der Waals surface area contributed by atoms with Crippen LogP contribution < -0.4 is 5.73 Å². The standard InChI is InChI=1S/C18H33BN2O4/c20-18(17(22)23)11-13(10-14(18)4-3-9-19(24)25)12-21(15-5-1-6-15)16-7-2-8-16/h13-16,24-25H,1-12,20H2,(H,22,23)/t13-,14-,18+/m0/s1. The highest BCUT2D eigenvalue weighted by atomic mass is 16.4. The summed E-state index contributed by atoms with van der Waals surface area (Å²) in [5.74, 6) is -0.631. The van der Waals surface area contributed by atoms with Gasteiger partial charge in [-0.2, -0.15) is 0 Å². The van der Waals surface area contributed by atoms with Crippen LogP contribution in [0, 0.1) is 11.8 Å². The summed E-state index contributed by atoms with van der Waals surface area (Å²) in [6, 6.07) is 1.40. The third kappa shape index (κ3) is 4.21. The summed E-state index contributed by atoms with van der Waals surface area (Å²) < 4.78 is 0. The van der Waals surface area contributed by atoms with Gasteiger partial charge in [-0.15, -0.1) is 0 Å². The van der Waals surface area contributed by atoms with E-state index in [0.717, 1.165) is 13.0 Å². The van der Waals surface area contributed by atoms with Crippen LogP contribution >= 0.6 is 0 Å². The number of hydrogen-bond donors (Lipinski definition) is 4. The molecule has 0 saturated heterocycles. The maximum Gasteiger partial charge on any atom is 0.451 e. The smallest absolute Gasteiger partial charge is 0.451 e. The van der Waals surface area contributed by atoms with Gasteiger partial charge < -0.3 is 20.9 Å². The lowest BCUT2D eigenvalue weighted by molar-refractivity contribution is -0.145. The minimum absolute atomic E-state index is 0.0709. The van der Waals surface area contributed by atoms with Crippen molar-refractivity contribution in [2.75, 3.05) is 6.54 Å². The van der Waals surface area contributed by atoms with Crippen molar-refractivity contribution in [3.63, 3.8) is 0 Å². The Hall–Kier alpha value is -0.625. The number of aliphatic carboxylic acids is 1. The summed E-state index contributed by atoms with van der Waals surface area (Å²) in [5, 5.41) is 27.8. The Balaban J connectivity index is 1.60. The zero-order valence-corrected chi connectivity index (χ0v) is 15.1. The van der Waals surface area contributed by atoms with Crippen LogP contribution in [0.3, 0.4) is 0 Å². The fourth-order valence-electron chi connectivity index (χ4n) is 4.99. The topological polar surface area (TPSA) is 107 Å². The van der Waals surface area contributed by atoms with Crippen LogP contribution in [0.15, 0.2) is 0 Å². The number of nitrogens with zero attached hydrogens (tertiary/aromatic N) is 1. The Morgan fingerprint density at radius 1 is 1.16 bits per heavy atom. The minimum atomic E-state index is -1.32. The Morgan fingerprint density at radius 3 is 2.20 bits per heavy atom. The number of carboxylic acid groups (broad SMARTS) is 1. The zero-order chi connectivity index (χ0) is 18.0. The van der Waals surface area contributed by atoms with E-state index in [1.807, 2.05) is 0 Å². The predicted octanol–water partition coefficient (Wildman–Crippen LogP) is 1.45. The molecule has 3 atom stereocenters. The molecule has 142 valence electrons. The number of rotatable bonds is 9.